The maximum absolute atomic E-state index is 12.9. The number of carbonyl (C=O) groups is 2. The number of amides is 3. The summed E-state index contributed by atoms with van der Waals surface area (Å²) in [5.74, 6) is 0.234. The van der Waals surface area contributed by atoms with Crippen LogP contribution in [0.4, 0.5) is 4.79 Å². The molecule has 7 nitrogen and oxygen atoms in total. The minimum atomic E-state index is -1.18. The Bertz CT molecular complexity index is 873. The predicted molar refractivity (Wildman–Crippen MR) is 110 cm³/mol. The molecule has 2 aromatic rings. The summed E-state index contributed by atoms with van der Waals surface area (Å²) in [5, 5.41) is 6.84. The van der Waals surface area contributed by atoms with E-state index in [1.165, 1.54) is 5.56 Å². The van der Waals surface area contributed by atoms with Crippen LogP contribution in [0, 0.1) is 0 Å². The first-order valence-corrected chi connectivity index (χ1v) is 9.24. The highest BCUT2D eigenvalue weighted by Crippen LogP contribution is 2.29. The molecule has 0 unspecified atom stereocenters. The Kier molecular flexibility index (Phi) is 5.79. The minimum Gasteiger partial charge on any atom is -0.497 e. The molecule has 0 aromatic heterocycles. The van der Waals surface area contributed by atoms with E-state index in [0.717, 1.165) is 11.4 Å². The van der Waals surface area contributed by atoms with Gasteiger partial charge in [0.2, 0.25) is 0 Å². The maximum Gasteiger partial charge on any atom is 0.344 e. The van der Waals surface area contributed by atoms with Gasteiger partial charge < -0.3 is 15.4 Å². The first-order chi connectivity index (χ1) is 13.4. The Morgan fingerprint density at radius 3 is 2.46 bits per heavy atom. The average molecular weight is 398 g/mol. The number of hydrogen-bond acceptors (Lipinski definition) is 4. The molecule has 0 aliphatic carbocycles. The zero-order valence-electron chi connectivity index (χ0n) is 15.7. The third-order valence-electron chi connectivity index (χ3n) is 4.61. The van der Waals surface area contributed by atoms with Crippen molar-refractivity contribution in [1.29, 1.82) is 0 Å². The van der Waals surface area contributed by atoms with Crippen LogP contribution < -0.4 is 20.8 Å². The number of benzene rings is 2. The number of rotatable bonds is 6. The maximum atomic E-state index is 12.9. The van der Waals surface area contributed by atoms with E-state index in [1.807, 2.05) is 30.3 Å². The van der Waals surface area contributed by atoms with Crippen molar-refractivity contribution in [2.45, 2.75) is 18.9 Å². The van der Waals surface area contributed by atoms with Gasteiger partial charge in [0.25, 0.3) is 5.91 Å². The summed E-state index contributed by atoms with van der Waals surface area (Å²) < 4.78 is 5.14. The van der Waals surface area contributed by atoms with Crippen LogP contribution in [0.25, 0.3) is 0 Å². The van der Waals surface area contributed by atoms with Gasteiger partial charge in [0.15, 0.2) is 5.11 Å². The molecule has 2 aromatic carbocycles. The van der Waals surface area contributed by atoms with Gasteiger partial charge in [-0.05, 0) is 48.8 Å². The second-order valence-corrected chi connectivity index (χ2v) is 6.94. The summed E-state index contributed by atoms with van der Waals surface area (Å²) >= 11 is 5.22. The van der Waals surface area contributed by atoms with Gasteiger partial charge >= 0.3 is 6.03 Å². The van der Waals surface area contributed by atoms with Crippen molar-refractivity contribution in [3.05, 3.63) is 65.7 Å². The van der Waals surface area contributed by atoms with Crippen LogP contribution in [0.5, 0.6) is 5.75 Å². The van der Waals surface area contributed by atoms with Crippen molar-refractivity contribution in [2.75, 3.05) is 13.7 Å². The lowest BCUT2D eigenvalue weighted by Crippen LogP contribution is -2.51. The second-order valence-electron chi connectivity index (χ2n) is 6.53. The number of carbonyl (C=O) groups excluding carboxylic acids is 2. The molecule has 0 bridgehead atoms. The molecule has 0 radical (unpaired) electrons. The number of hydrazine groups is 1. The third kappa shape index (κ3) is 4.07. The van der Waals surface area contributed by atoms with Gasteiger partial charge in [-0.1, -0.05) is 42.5 Å². The molecule has 0 spiro atoms. The number of nitrogens with zero attached hydrogens (tertiary/aromatic N) is 1. The van der Waals surface area contributed by atoms with Gasteiger partial charge in [-0.3, -0.25) is 10.2 Å². The van der Waals surface area contributed by atoms with Crippen LogP contribution in [0.2, 0.25) is 0 Å². The number of nitrogens with one attached hydrogen (secondary N) is 3. The molecule has 3 amide bonds. The Morgan fingerprint density at radius 2 is 1.82 bits per heavy atom. The van der Waals surface area contributed by atoms with Gasteiger partial charge in [-0.15, -0.1) is 0 Å². The quantitative estimate of drug-likeness (QED) is 0.511. The number of hydrogen-bond donors (Lipinski definition) is 3. The molecule has 1 atom stereocenters. The highest BCUT2D eigenvalue weighted by molar-refractivity contribution is 7.80. The number of methoxy groups -OCH3 is 1. The molecule has 1 aliphatic heterocycles. The van der Waals surface area contributed by atoms with Crippen molar-refractivity contribution >= 4 is 29.3 Å². The Balaban J connectivity index is 1.60. The first-order valence-electron chi connectivity index (χ1n) is 8.83. The summed E-state index contributed by atoms with van der Waals surface area (Å²) in [6.45, 7) is 2.23. The molecular weight excluding hydrogens is 376 g/mol. The Labute approximate surface area is 169 Å². The van der Waals surface area contributed by atoms with E-state index in [9.17, 15) is 9.59 Å². The van der Waals surface area contributed by atoms with E-state index in [-0.39, 0.29) is 5.11 Å². The summed E-state index contributed by atoms with van der Waals surface area (Å²) in [4.78, 5) is 25.2. The predicted octanol–water partition coefficient (Wildman–Crippen LogP) is 2.08. The van der Waals surface area contributed by atoms with E-state index in [2.05, 4.69) is 16.1 Å². The first kappa shape index (κ1) is 19.6. The van der Waals surface area contributed by atoms with Crippen molar-refractivity contribution in [3.8, 4) is 5.75 Å². The Hall–Kier alpha value is -3.13. The Morgan fingerprint density at radius 1 is 1.14 bits per heavy atom. The number of imide groups is 1. The van der Waals surface area contributed by atoms with Gasteiger partial charge in [0.1, 0.15) is 11.3 Å². The fraction of sp³-hybridized carbons (Fsp3) is 0.250. The van der Waals surface area contributed by atoms with E-state index < -0.39 is 17.5 Å². The van der Waals surface area contributed by atoms with Crippen LogP contribution in [-0.4, -0.2) is 35.7 Å². The summed E-state index contributed by atoms with van der Waals surface area (Å²) in [6.07, 6.45) is 0.770. The molecule has 1 saturated heterocycles. The van der Waals surface area contributed by atoms with E-state index >= 15 is 0 Å². The van der Waals surface area contributed by atoms with Crippen LogP contribution >= 0.6 is 12.2 Å². The molecule has 28 heavy (non-hydrogen) atoms. The van der Waals surface area contributed by atoms with Crippen molar-refractivity contribution in [3.63, 3.8) is 0 Å². The van der Waals surface area contributed by atoms with Crippen LogP contribution in [0.1, 0.15) is 18.1 Å². The zero-order valence-corrected chi connectivity index (χ0v) is 16.5. The SMILES string of the molecule is COc1ccc([C@@]2(C)NC(=O)N(NC(=S)NCCc3ccccc3)C2=O)cc1. The van der Waals surface area contributed by atoms with Crippen molar-refractivity contribution in [1.82, 2.24) is 21.1 Å². The highest BCUT2D eigenvalue weighted by atomic mass is 32.1. The van der Waals surface area contributed by atoms with Crippen LogP contribution in [-0.2, 0) is 16.8 Å². The number of thiocarbonyl (C=S) groups is 1. The normalized spacial score (nSPS) is 18.6. The molecule has 146 valence electrons. The number of ether oxygens (including phenoxy) is 1. The molecular formula is C20H22N4O3S. The molecule has 8 heteroatoms. The average Bonchev–Trinajstić information content (AvgIpc) is 2.93. The van der Waals surface area contributed by atoms with Gasteiger partial charge in [0.05, 0.1) is 7.11 Å². The lowest BCUT2D eigenvalue weighted by Gasteiger charge is -2.23. The smallest absolute Gasteiger partial charge is 0.344 e. The van der Waals surface area contributed by atoms with E-state index in [4.69, 9.17) is 17.0 Å². The minimum absolute atomic E-state index is 0.207. The topological polar surface area (TPSA) is 82.7 Å². The van der Waals surface area contributed by atoms with Gasteiger partial charge in [0, 0.05) is 6.54 Å². The van der Waals surface area contributed by atoms with Crippen molar-refractivity contribution < 1.29 is 14.3 Å². The number of urea groups is 1. The van der Waals surface area contributed by atoms with Crippen LogP contribution in [0.3, 0.4) is 0 Å². The summed E-state index contributed by atoms with van der Waals surface area (Å²) in [5.41, 5.74) is 3.31. The zero-order chi connectivity index (χ0) is 20.1. The molecule has 3 rings (SSSR count). The lowest BCUT2D eigenvalue weighted by molar-refractivity contribution is -0.132. The second kappa shape index (κ2) is 8.26. The summed E-state index contributed by atoms with van der Waals surface area (Å²) in [7, 11) is 1.57. The van der Waals surface area contributed by atoms with Gasteiger partial charge in [-0.2, -0.15) is 5.01 Å². The van der Waals surface area contributed by atoms with Crippen molar-refractivity contribution in [2.24, 2.45) is 0 Å². The van der Waals surface area contributed by atoms with E-state index in [1.54, 1.807) is 38.3 Å². The lowest BCUT2D eigenvalue weighted by atomic mass is 9.92. The highest BCUT2D eigenvalue weighted by Gasteiger charge is 2.49. The molecule has 1 aliphatic rings. The van der Waals surface area contributed by atoms with E-state index in [0.29, 0.717) is 17.9 Å². The largest absolute Gasteiger partial charge is 0.497 e. The van der Waals surface area contributed by atoms with Crippen LogP contribution in [0.15, 0.2) is 54.6 Å². The third-order valence-corrected chi connectivity index (χ3v) is 4.85. The summed E-state index contributed by atoms with van der Waals surface area (Å²) in [6, 6.07) is 16.4. The standard InChI is InChI=1S/C20H22N4O3S/c1-20(15-8-10-16(27-2)11-9-15)17(25)24(19(26)22-20)23-18(28)21-13-12-14-6-4-3-5-7-14/h3-11H,12-13H2,1-2H3,(H,22,26)(H2,21,23,28)/t20-/m1/s1. The fourth-order valence-corrected chi connectivity index (χ4v) is 3.16. The fourth-order valence-electron chi connectivity index (χ4n) is 2.97. The molecule has 1 fully saturated rings. The molecule has 0 saturated carbocycles. The van der Waals surface area contributed by atoms with Gasteiger partial charge in [-0.25, -0.2) is 4.79 Å². The monoisotopic (exact) mass is 398 g/mol. The molecule has 1 heterocycles. The molecule has 3 N–H and O–H groups in total.